The van der Waals surface area contributed by atoms with Crippen molar-refractivity contribution in [3.05, 3.63) is 30.3 Å². The molecule has 1 fully saturated rings. The maximum atomic E-state index is 11.8. The van der Waals surface area contributed by atoms with Gasteiger partial charge in [0, 0.05) is 6.26 Å². The zero-order valence-corrected chi connectivity index (χ0v) is 9.49. The second-order valence-electron chi connectivity index (χ2n) is 2.98. The minimum Gasteiger partial charge on any atom is -0.256 e. The highest BCUT2D eigenvalue weighted by atomic mass is 32.2. The van der Waals surface area contributed by atoms with Crippen molar-refractivity contribution in [2.45, 2.75) is 10.5 Å². The van der Waals surface area contributed by atoms with E-state index in [1.165, 1.54) is 18.4 Å². The standard InChI is InChI=1S/C8H9NO4S2/c1-14(10)8-9(13-8)15(11,12)7-5-3-2-4-6-7/h2-6,8H,1H3. The summed E-state index contributed by atoms with van der Waals surface area (Å²) in [5, 5.41) is 0. The predicted molar refractivity (Wildman–Crippen MR) is 54.4 cm³/mol. The molecule has 0 N–H and O–H groups in total. The van der Waals surface area contributed by atoms with Crippen molar-refractivity contribution < 1.29 is 17.5 Å². The van der Waals surface area contributed by atoms with Gasteiger partial charge in [-0.25, -0.2) is 13.3 Å². The molecule has 1 heterocycles. The van der Waals surface area contributed by atoms with E-state index < -0.39 is 26.4 Å². The average molecular weight is 247 g/mol. The van der Waals surface area contributed by atoms with Crippen molar-refractivity contribution in [1.82, 2.24) is 4.47 Å². The van der Waals surface area contributed by atoms with Gasteiger partial charge in [-0.3, -0.25) is 4.21 Å². The molecule has 0 bridgehead atoms. The van der Waals surface area contributed by atoms with Crippen molar-refractivity contribution in [1.29, 1.82) is 0 Å². The predicted octanol–water partition coefficient (Wildman–Crippen LogP) is 0.285. The Morgan fingerprint density at radius 3 is 2.40 bits per heavy atom. The summed E-state index contributed by atoms with van der Waals surface area (Å²) in [6, 6.07) is 7.89. The Balaban J connectivity index is 2.28. The van der Waals surface area contributed by atoms with Crippen molar-refractivity contribution >= 4 is 20.8 Å². The van der Waals surface area contributed by atoms with Crippen molar-refractivity contribution in [2.24, 2.45) is 0 Å². The van der Waals surface area contributed by atoms with Crippen LogP contribution in [0.3, 0.4) is 0 Å². The van der Waals surface area contributed by atoms with E-state index in [0.29, 0.717) is 0 Å². The highest BCUT2D eigenvalue weighted by Crippen LogP contribution is 2.31. The molecule has 0 radical (unpaired) electrons. The molecular formula is C8H9NO4S2. The molecule has 0 amide bonds. The topological polar surface area (TPSA) is 66.8 Å². The Morgan fingerprint density at radius 1 is 1.33 bits per heavy atom. The quantitative estimate of drug-likeness (QED) is 0.720. The molecule has 0 aromatic heterocycles. The SMILES string of the molecule is CS(=O)C1ON1S(=O)(=O)c1ccccc1. The first-order valence-corrected chi connectivity index (χ1v) is 7.18. The Labute approximate surface area is 90.1 Å². The van der Waals surface area contributed by atoms with Crippen molar-refractivity contribution in [3.63, 3.8) is 0 Å². The summed E-state index contributed by atoms with van der Waals surface area (Å²) in [7, 11) is -4.97. The fraction of sp³-hybridized carbons (Fsp3) is 0.250. The summed E-state index contributed by atoms with van der Waals surface area (Å²) >= 11 is 0. The average Bonchev–Trinajstić information content (AvgIpc) is 2.99. The molecule has 0 spiro atoms. The Bertz CT molecular complexity index is 485. The van der Waals surface area contributed by atoms with Gasteiger partial charge in [0.1, 0.15) is 0 Å². The third-order valence-corrected chi connectivity index (χ3v) is 4.48. The van der Waals surface area contributed by atoms with Crippen LogP contribution in [0.2, 0.25) is 0 Å². The van der Waals surface area contributed by atoms with E-state index in [-0.39, 0.29) is 4.90 Å². The van der Waals surface area contributed by atoms with Gasteiger partial charge in [-0.2, -0.15) is 0 Å². The van der Waals surface area contributed by atoms with E-state index in [1.54, 1.807) is 18.2 Å². The first-order chi connectivity index (χ1) is 7.03. The zero-order chi connectivity index (χ0) is 11.1. The molecule has 2 rings (SSSR count). The lowest BCUT2D eigenvalue weighted by Gasteiger charge is -2.00. The zero-order valence-electron chi connectivity index (χ0n) is 7.86. The van der Waals surface area contributed by atoms with Crippen LogP contribution in [-0.4, -0.2) is 28.9 Å². The van der Waals surface area contributed by atoms with Gasteiger partial charge >= 0.3 is 0 Å². The van der Waals surface area contributed by atoms with Crippen LogP contribution in [-0.2, 0) is 25.7 Å². The summed E-state index contributed by atoms with van der Waals surface area (Å²) in [6.07, 6.45) is 1.39. The molecule has 82 valence electrons. The second-order valence-corrected chi connectivity index (χ2v) is 6.17. The number of hydrogen-bond acceptors (Lipinski definition) is 4. The van der Waals surface area contributed by atoms with E-state index in [1.807, 2.05) is 0 Å². The first kappa shape index (κ1) is 10.7. The van der Waals surface area contributed by atoms with Gasteiger partial charge in [0.15, 0.2) is 0 Å². The Morgan fingerprint density at radius 2 is 1.93 bits per heavy atom. The summed E-state index contributed by atoms with van der Waals surface area (Å²) in [4.78, 5) is 4.88. The molecule has 1 aliphatic heterocycles. The highest BCUT2D eigenvalue weighted by molar-refractivity contribution is 7.91. The lowest BCUT2D eigenvalue weighted by molar-refractivity contribution is 0.291. The lowest BCUT2D eigenvalue weighted by atomic mass is 10.4. The minimum absolute atomic E-state index is 0.137. The van der Waals surface area contributed by atoms with Crippen molar-refractivity contribution in [3.8, 4) is 0 Å². The van der Waals surface area contributed by atoms with Crippen molar-refractivity contribution in [2.75, 3.05) is 6.26 Å². The highest BCUT2D eigenvalue weighted by Gasteiger charge is 2.50. The number of nitrogens with zero attached hydrogens (tertiary/aromatic N) is 1. The fourth-order valence-corrected chi connectivity index (χ4v) is 3.45. The van der Waals surface area contributed by atoms with Crippen LogP contribution >= 0.6 is 0 Å². The fourth-order valence-electron chi connectivity index (χ4n) is 1.11. The minimum atomic E-state index is -3.64. The maximum Gasteiger partial charge on any atom is 0.268 e. The van der Waals surface area contributed by atoms with Crippen LogP contribution < -0.4 is 0 Å². The maximum absolute atomic E-state index is 11.8. The molecule has 3 atom stereocenters. The molecule has 1 aliphatic rings. The molecule has 1 aromatic carbocycles. The molecule has 5 nitrogen and oxygen atoms in total. The summed E-state index contributed by atoms with van der Waals surface area (Å²) in [5.74, 6) is 0. The molecule has 1 aromatic rings. The molecule has 0 saturated carbocycles. The summed E-state index contributed by atoms with van der Waals surface area (Å²) < 4.78 is 35.3. The summed E-state index contributed by atoms with van der Waals surface area (Å²) in [6.45, 7) is 0. The van der Waals surface area contributed by atoms with E-state index in [0.717, 1.165) is 4.47 Å². The van der Waals surface area contributed by atoms with Crippen LogP contribution in [0.15, 0.2) is 35.2 Å². The monoisotopic (exact) mass is 247 g/mol. The summed E-state index contributed by atoms with van der Waals surface area (Å²) in [5.41, 5.74) is -0.838. The van der Waals surface area contributed by atoms with Gasteiger partial charge < -0.3 is 0 Å². The number of sulfonamides is 1. The van der Waals surface area contributed by atoms with Gasteiger partial charge in [-0.1, -0.05) is 18.2 Å². The van der Waals surface area contributed by atoms with Crippen LogP contribution in [0.25, 0.3) is 0 Å². The van der Waals surface area contributed by atoms with Crippen LogP contribution in [0.1, 0.15) is 0 Å². The number of hydroxylamine groups is 1. The van der Waals surface area contributed by atoms with E-state index in [2.05, 4.69) is 0 Å². The number of hydrogen-bond donors (Lipinski definition) is 0. The first-order valence-electron chi connectivity index (χ1n) is 4.12. The molecule has 0 aliphatic carbocycles. The number of benzene rings is 1. The van der Waals surface area contributed by atoms with Gasteiger partial charge in [0.2, 0.25) is 5.56 Å². The molecule has 3 unspecified atom stereocenters. The van der Waals surface area contributed by atoms with E-state index in [4.69, 9.17) is 4.84 Å². The largest absolute Gasteiger partial charge is 0.268 e. The van der Waals surface area contributed by atoms with Gasteiger partial charge in [0.25, 0.3) is 10.0 Å². The lowest BCUT2D eigenvalue weighted by Crippen LogP contribution is -2.16. The normalized spacial score (nSPS) is 27.3. The second kappa shape index (κ2) is 3.67. The van der Waals surface area contributed by atoms with E-state index in [9.17, 15) is 12.6 Å². The van der Waals surface area contributed by atoms with Gasteiger partial charge in [-0.15, -0.1) is 0 Å². The van der Waals surface area contributed by atoms with E-state index >= 15 is 0 Å². The smallest absolute Gasteiger partial charge is 0.256 e. The van der Waals surface area contributed by atoms with Gasteiger partial charge in [0.05, 0.1) is 15.7 Å². The molecule has 15 heavy (non-hydrogen) atoms. The molecule has 7 heteroatoms. The Kier molecular flexibility index (Phi) is 2.63. The third kappa shape index (κ3) is 1.96. The molecule has 1 saturated heterocycles. The Hall–Kier alpha value is -0.760. The third-order valence-electron chi connectivity index (χ3n) is 1.88. The molecular weight excluding hydrogens is 238 g/mol. The van der Waals surface area contributed by atoms with Crippen LogP contribution in [0, 0.1) is 0 Å². The van der Waals surface area contributed by atoms with Crippen LogP contribution in [0.5, 0.6) is 0 Å². The number of rotatable bonds is 3. The van der Waals surface area contributed by atoms with Crippen LogP contribution in [0.4, 0.5) is 0 Å². The van der Waals surface area contributed by atoms with Gasteiger partial charge in [-0.05, 0) is 16.6 Å².